The molecule has 1 fully saturated rings. The van der Waals surface area contributed by atoms with Crippen LogP contribution >= 0.6 is 11.3 Å². The van der Waals surface area contributed by atoms with E-state index < -0.39 is 15.9 Å². The maximum atomic E-state index is 13.0. The summed E-state index contributed by atoms with van der Waals surface area (Å²) in [6, 6.07) is 9.52. The summed E-state index contributed by atoms with van der Waals surface area (Å²) in [6.07, 6.45) is 1.02. The second-order valence-corrected chi connectivity index (χ2v) is 11.5. The molecule has 11 heteroatoms. The molecular weight excluding hydrogens is 476 g/mol. The van der Waals surface area contributed by atoms with E-state index in [0.29, 0.717) is 52.6 Å². The third kappa shape index (κ3) is 4.82. The Hall–Kier alpha value is -2.89. The minimum atomic E-state index is -3.60. The second kappa shape index (κ2) is 9.77. The molecule has 182 valence electrons. The number of hydrazine groups is 1. The zero-order valence-corrected chi connectivity index (χ0v) is 21.1. The first kappa shape index (κ1) is 24.2. The van der Waals surface area contributed by atoms with Gasteiger partial charge in [0.15, 0.2) is 0 Å². The highest BCUT2D eigenvalue weighted by Gasteiger charge is 2.31. The Labute approximate surface area is 203 Å². The maximum Gasteiger partial charge on any atom is 0.269 e. The van der Waals surface area contributed by atoms with E-state index in [4.69, 9.17) is 9.47 Å². The number of methoxy groups -OCH3 is 2. The average molecular weight is 505 g/mol. The van der Waals surface area contributed by atoms with E-state index in [9.17, 15) is 13.2 Å². The van der Waals surface area contributed by atoms with Crippen molar-refractivity contribution in [2.24, 2.45) is 11.8 Å². The van der Waals surface area contributed by atoms with Gasteiger partial charge in [0.05, 0.1) is 19.1 Å². The van der Waals surface area contributed by atoms with Crippen molar-refractivity contribution in [3.8, 4) is 11.5 Å². The van der Waals surface area contributed by atoms with E-state index >= 15 is 0 Å². The largest absolute Gasteiger partial charge is 0.495 e. The van der Waals surface area contributed by atoms with Gasteiger partial charge in [0.2, 0.25) is 15.2 Å². The molecule has 3 aromatic rings. The van der Waals surface area contributed by atoms with E-state index in [1.54, 1.807) is 26.4 Å². The lowest BCUT2D eigenvalue weighted by Crippen LogP contribution is -2.42. The van der Waals surface area contributed by atoms with Crippen LogP contribution in [0, 0.1) is 11.8 Å². The normalized spacial score (nSPS) is 19.1. The van der Waals surface area contributed by atoms with Crippen molar-refractivity contribution >= 4 is 42.6 Å². The molecule has 0 aliphatic carbocycles. The van der Waals surface area contributed by atoms with Gasteiger partial charge in [-0.15, -0.1) is 0 Å². The molecule has 1 aliphatic heterocycles. The highest BCUT2D eigenvalue weighted by Crippen LogP contribution is 2.38. The number of hydrogen-bond acceptors (Lipinski definition) is 8. The number of carbonyl (C=O) groups is 1. The molecule has 9 nitrogen and oxygen atoms in total. The summed E-state index contributed by atoms with van der Waals surface area (Å²) in [6.45, 7) is 5.15. The smallest absolute Gasteiger partial charge is 0.269 e. The van der Waals surface area contributed by atoms with Gasteiger partial charge in [0.25, 0.3) is 5.91 Å². The first-order valence-electron chi connectivity index (χ1n) is 10.9. The second-order valence-electron chi connectivity index (χ2n) is 8.54. The Morgan fingerprint density at radius 3 is 2.26 bits per heavy atom. The van der Waals surface area contributed by atoms with Crippen LogP contribution in [0.3, 0.4) is 0 Å². The monoisotopic (exact) mass is 504 g/mol. The molecule has 0 unspecified atom stereocenters. The SMILES string of the molecule is COc1ccc(OC)c2sc(NNC(=O)c3ccc(S(=O)(=O)N4C[C@H](C)C[C@H](C)C4)cc3)nc12. The Morgan fingerprint density at radius 2 is 1.65 bits per heavy atom. The third-order valence-corrected chi connectivity index (χ3v) is 8.61. The van der Waals surface area contributed by atoms with E-state index in [1.165, 1.54) is 39.9 Å². The number of nitrogens with zero attached hydrogens (tertiary/aromatic N) is 2. The van der Waals surface area contributed by atoms with Crippen LogP contribution in [0.4, 0.5) is 5.13 Å². The van der Waals surface area contributed by atoms with Gasteiger partial charge in [0.1, 0.15) is 21.7 Å². The van der Waals surface area contributed by atoms with Crippen molar-refractivity contribution in [2.45, 2.75) is 25.2 Å². The van der Waals surface area contributed by atoms with Crippen LogP contribution in [0.2, 0.25) is 0 Å². The first-order valence-corrected chi connectivity index (χ1v) is 13.2. The molecule has 2 atom stereocenters. The van der Waals surface area contributed by atoms with Gasteiger partial charge in [-0.3, -0.25) is 15.6 Å². The standard InChI is InChI=1S/C23H28N4O5S2/c1-14-11-15(2)13-27(12-14)34(29,30)17-7-5-16(6-8-17)22(28)25-26-23-24-20-18(31-3)9-10-19(32-4)21(20)33-23/h5-10,14-15H,11-13H2,1-4H3,(H,24,26)(H,25,28)/t14-,15+. The predicted molar refractivity (Wildman–Crippen MR) is 132 cm³/mol. The van der Waals surface area contributed by atoms with Gasteiger partial charge in [-0.2, -0.15) is 4.31 Å². The van der Waals surface area contributed by atoms with Crippen LogP contribution in [0.15, 0.2) is 41.3 Å². The molecule has 2 aromatic carbocycles. The number of fused-ring (bicyclic) bond motifs is 1. The molecule has 0 radical (unpaired) electrons. The maximum absolute atomic E-state index is 13.0. The average Bonchev–Trinajstić information content (AvgIpc) is 3.25. The van der Waals surface area contributed by atoms with Crippen LogP contribution in [-0.2, 0) is 10.0 Å². The summed E-state index contributed by atoms with van der Waals surface area (Å²) in [5, 5.41) is 0.457. The molecule has 4 rings (SSSR count). The summed E-state index contributed by atoms with van der Waals surface area (Å²) in [7, 11) is -0.463. The summed E-state index contributed by atoms with van der Waals surface area (Å²) >= 11 is 1.31. The number of carbonyl (C=O) groups excluding carboxylic acids is 1. The van der Waals surface area contributed by atoms with Gasteiger partial charge in [0, 0.05) is 18.7 Å². The number of amides is 1. The lowest BCUT2D eigenvalue weighted by Gasteiger charge is -2.34. The number of rotatable bonds is 7. The van der Waals surface area contributed by atoms with Gasteiger partial charge in [-0.25, -0.2) is 13.4 Å². The van der Waals surface area contributed by atoms with Crippen molar-refractivity contribution < 1.29 is 22.7 Å². The molecular formula is C23H28N4O5S2. The lowest BCUT2D eigenvalue weighted by atomic mass is 9.94. The summed E-state index contributed by atoms with van der Waals surface area (Å²) in [5.74, 6) is 1.47. The number of anilines is 1. The van der Waals surface area contributed by atoms with Crippen molar-refractivity contribution in [2.75, 3.05) is 32.7 Å². The highest BCUT2D eigenvalue weighted by molar-refractivity contribution is 7.89. The third-order valence-electron chi connectivity index (χ3n) is 5.78. The number of ether oxygens (including phenoxy) is 2. The zero-order chi connectivity index (χ0) is 24.5. The minimum Gasteiger partial charge on any atom is -0.495 e. The number of piperidine rings is 1. The Balaban J connectivity index is 1.45. The molecule has 2 heterocycles. The van der Waals surface area contributed by atoms with Crippen LogP contribution in [0.5, 0.6) is 11.5 Å². The van der Waals surface area contributed by atoms with Crippen LogP contribution < -0.4 is 20.3 Å². The minimum absolute atomic E-state index is 0.184. The van der Waals surface area contributed by atoms with Crippen molar-refractivity contribution in [3.05, 3.63) is 42.0 Å². The fourth-order valence-corrected chi connectivity index (χ4v) is 6.86. The Bertz CT molecular complexity index is 1240. The number of hydrogen-bond donors (Lipinski definition) is 2. The van der Waals surface area contributed by atoms with Gasteiger partial charge in [-0.05, 0) is 54.7 Å². The van der Waals surface area contributed by atoms with E-state index in [-0.39, 0.29) is 4.90 Å². The highest BCUT2D eigenvalue weighted by atomic mass is 32.2. The van der Waals surface area contributed by atoms with E-state index in [2.05, 4.69) is 29.7 Å². The van der Waals surface area contributed by atoms with E-state index in [1.807, 2.05) is 0 Å². The molecule has 1 amide bonds. The summed E-state index contributed by atoms with van der Waals surface area (Å²) in [4.78, 5) is 17.3. The molecule has 0 saturated carbocycles. The van der Waals surface area contributed by atoms with Crippen LogP contribution in [0.1, 0.15) is 30.6 Å². The number of nitrogens with one attached hydrogen (secondary N) is 2. The summed E-state index contributed by atoms with van der Waals surface area (Å²) in [5.41, 5.74) is 6.36. The molecule has 0 spiro atoms. The zero-order valence-electron chi connectivity index (χ0n) is 19.5. The first-order chi connectivity index (χ1) is 16.2. The van der Waals surface area contributed by atoms with Gasteiger partial charge >= 0.3 is 0 Å². The molecule has 2 N–H and O–H groups in total. The van der Waals surface area contributed by atoms with Crippen molar-refractivity contribution in [3.63, 3.8) is 0 Å². The van der Waals surface area contributed by atoms with E-state index in [0.717, 1.165) is 11.1 Å². The number of thiazole rings is 1. The molecule has 34 heavy (non-hydrogen) atoms. The molecule has 0 bridgehead atoms. The molecule has 1 saturated heterocycles. The molecule has 1 aromatic heterocycles. The Kier molecular flexibility index (Phi) is 6.96. The quantitative estimate of drug-likeness (QED) is 0.472. The predicted octanol–water partition coefficient (Wildman–Crippen LogP) is 3.74. The van der Waals surface area contributed by atoms with Gasteiger partial charge < -0.3 is 9.47 Å². The van der Waals surface area contributed by atoms with Crippen LogP contribution in [-0.4, -0.2) is 50.9 Å². The van der Waals surface area contributed by atoms with Crippen molar-refractivity contribution in [1.82, 2.24) is 14.7 Å². The number of sulfonamides is 1. The summed E-state index contributed by atoms with van der Waals surface area (Å²) < 4.78 is 39.1. The fourth-order valence-electron chi connectivity index (χ4n) is 4.25. The number of benzene rings is 2. The van der Waals surface area contributed by atoms with Crippen LogP contribution in [0.25, 0.3) is 10.2 Å². The number of aromatic nitrogens is 1. The Morgan fingerprint density at radius 1 is 1.03 bits per heavy atom. The lowest BCUT2D eigenvalue weighted by molar-refractivity contribution is 0.0962. The molecule has 1 aliphatic rings. The van der Waals surface area contributed by atoms with Crippen molar-refractivity contribution in [1.29, 1.82) is 0 Å². The fraction of sp³-hybridized carbons (Fsp3) is 0.391. The topological polar surface area (TPSA) is 110 Å². The van der Waals surface area contributed by atoms with Gasteiger partial charge in [-0.1, -0.05) is 25.2 Å².